The summed E-state index contributed by atoms with van der Waals surface area (Å²) in [5.74, 6) is -0.125. The Hall–Kier alpha value is -1.68. The molecule has 3 N–H and O–H groups in total. The fraction of sp³-hybridized carbons (Fsp3) is 0.579. The molecule has 0 unspecified atom stereocenters. The van der Waals surface area contributed by atoms with Crippen LogP contribution in [0.3, 0.4) is 0 Å². The van der Waals surface area contributed by atoms with E-state index in [1.165, 1.54) is 24.8 Å². The number of amides is 1. The maximum Gasteiger partial charge on any atom is 0.220 e. The van der Waals surface area contributed by atoms with Crippen molar-refractivity contribution in [3.05, 3.63) is 35.4 Å². The first kappa shape index (κ1) is 19.4. The fourth-order valence-electron chi connectivity index (χ4n) is 2.22. The van der Waals surface area contributed by atoms with Crippen LogP contribution in [0.1, 0.15) is 68.8 Å². The molecule has 1 amide bonds. The molecule has 0 radical (unpaired) electrons. The van der Waals surface area contributed by atoms with Crippen molar-refractivity contribution < 1.29 is 9.59 Å². The van der Waals surface area contributed by atoms with Gasteiger partial charge in [0.15, 0.2) is 5.78 Å². The molecule has 0 aliphatic carbocycles. The van der Waals surface area contributed by atoms with E-state index in [4.69, 9.17) is 5.73 Å². The van der Waals surface area contributed by atoms with Crippen LogP contribution in [0.2, 0.25) is 0 Å². The van der Waals surface area contributed by atoms with Gasteiger partial charge in [-0.05, 0) is 32.3 Å². The minimum atomic E-state index is -0.437. The summed E-state index contributed by atoms with van der Waals surface area (Å²) in [4.78, 5) is 23.8. The molecular weight excluding hydrogens is 288 g/mol. The second-order valence-corrected chi connectivity index (χ2v) is 6.84. The van der Waals surface area contributed by atoms with E-state index in [9.17, 15) is 9.59 Å². The Morgan fingerprint density at radius 2 is 1.74 bits per heavy atom. The molecule has 1 aromatic carbocycles. The van der Waals surface area contributed by atoms with Crippen molar-refractivity contribution in [2.24, 2.45) is 5.73 Å². The van der Waals surface area contributed by atoms with E-state index in [0.29, 0.717) is 12.1 Å². The van der Waals surface area contributed by atoms with Crippen LogP contribution >= 0.6 is 0 Å². The van der Waals surface area contributed by atoms with Gasteiger partial charge in [-0.2, -0.15) is 0 Å². The number of rotatable bonds is 10. The van der Waals surface area contributed by atoms with E-state index in [1.807, 2.05) is 38.1 Å². The lowest BCUT2D eigenvalue weighted by atomic mass is 10.0. The third-order valence-electron chi connectivity index (χ3n) is 3.67. The predicted molar refractivity (Wildman–Crippen MR) is 94.5 cm³/mol. The maximum atomic E-state index is 12.1. The number of benzene rings is 1. The van der Waals surface area contributed by atoms with Gasteiger partial charge in [0, 0.05) is 30.5 Å². The van der Waals surface area contributed by atoms with E-state index < -0.39 is 5.54 Å². The summed E-state index contributed by atoms with van der Waals surface area (Å²) in [6, 6.07) is 7.76. The molecule has 1 aromatic rings. The number of unbranched alkanes of at least 4 members (excludes halogenated alkanes) is 2. The summed E-state index contributed by atoms with van der Waals surface area (Å²) in [6.07, 6.45) is 5.11. The zero-order valence-corrected chi connectivity index (χ0v) is 14.7. The van der Waals surface area contributed by atoms with Crippen LogP contribution < -0.4 is 11.1 Å². The van der Waals surface area contributed by atoms with Gasteiger partial charge in [-0.15, -0.1) is 0 Å². The van der Waals surface area contributed by atoms with Gasteiger partial charge in [-0.1, -0.05) is 44.0 Å². The van der Waals surface area contributed by atoms with E-state index >= 15 is 0 Å². The number of nitrogens with two attached hydrogens (primary N) is 1. The average molecular weight is 318 g/mol. The molecule has 0 spiro atoms. The number of aryl methyl sites for hydroxylation is 1. The molecule has 0 aromatic heterocycles. The summed E-state index contributed by atoms with van der Waals surface area (Å²) in [7, 11) is 0. The minimum absolute atomic E-state index is 0.00673. The first-order chi connectivity index (χ1) is 10.8. The number of carbonyl (C=O) groups excluding carboxylic acids is 2. The van der Waals surface area contributed by atoms with Crippen LogP contribution in [0.25, 0.3) is 0 Å². The Labute approximate surface area is 139 Å². The molecule has 0 heterocycles. The highest BCUT2D eigenvalue weighted by Gasteiger charge is 2.13. The molecule has 1 rings (SSSR count). The molecule has 0 saturated heterocycles. The number of Topliss-reactive ketones (excluding diaryl/α,β-unsaturated/α-hetero) is 1. The number of carbonyl (C=O) groups is 2. The molecule has 0 aliphatic rings. The molecule has 4 nitrogen and oxygen atoms in total. The summed E-state index contributed by atoms with van der Waals surface area (Å²) in [6.45, 7) is 6.29. The lowest BCUT2D eigenvalue weighted by molar-refractivity contribution is -0.121. The van der Waals surface area contributed by atoms with Gasteiger partial charge in [0.05, 0.1) is 0 Å². The van der Waals surface area contributed by atoms with Crippen molar-refractivity contribution in [2.75, 3.05) is 6.54 Å². The molecule has 0 aliphatic heterocycles. The Kier molecular flexibility index (Phi) is 7.96. The molecular formula is C19H30N2O2. The summed E-state index contributed by atoms with van der Waals surface area (Å²) in [5.41, 5.74) is 7.31. The lowest BCUT2D eigenvalue weighted by Gasteiger charge is -2.18. The Bertz CT molecular complexity index is 501. The van der Waals surface area contributed by atoms with Gasteiger partial charge in [-0.25, -0.2) is 0 Å². The number of nitrogens with one attached hydrogen (secondary N) is 1. The second-order valence-electron chi connectivity index (χ2n) is 6.84. The maximum absolute atomic E-state index is 12.1. The Morgan fingerprint density at radius 1 is 1.09 bits per heavy atom. The van der Waals surface area contributed by atoms with Gasteiger partial charge < -0.3 is 11.1 Å². The third kappa shape index (κ3) is 8.50. The Morgan fingerprint density at radius 3 is 2.30 bits per heavy atom. The van der Waals surface area contributed by atoms with Crippen molar-refractivity contribution in [1.29, 1.82) is 0 Å². The molecule has 0 atom stereocenters. The second kappa shape index (κ2) is 9.46. The van der Waals surface area contributed by atoms with Crippen LogP contribution in [0, 0.1) is 0 Å². The van der Waals surface area contributed by atoms with E-state index in [0.717, 1.165) is 6.42 Å². The van der Waals surface area contributed by atoms with Crippen molar-refractivity contribution in [2.45, 2.75) is 64.8 Å². The first-order valence-corrected chi connectivity index (χ1v) is 8.49. The quantitative estimate of drug-likeness (QED) is 0.514. The molecule has 0 fully saturated rings. The monoisotopic (exact) mass is 318 g/mol. The van der Waals surface area contributed by atoms with Crippen LogP contribution in [0.15, 0.2) is 24.3 Å². The molecule has 4 heteroatoms. The molecule has 128 valence electrons. The van der Waals surface area contributed by atoms with E-state index in [1.54, 1.807) is 0 Å². The van der Waals surface area contributed by atoms with Crippen LogP contribution in [0.5, 0.6) is 0 Å². The highest BCUT2D eigenvalue weighted by atomic mass is 16.2. The highest BCUT2D eigenvalue weighted by molar-refractivity contribution is 5.97. The number of hydrogen-bond acceptors (Lipinski definition) is 3. The topological polar surface area (TPSA) is 72.2 Å². The lowest BCUT2D eigenvalue weighted by Crippen LogP contribution is -2.45. The van der Waals surface area contributed by atoms with Gasteiger partial charge >= 0.3 is 0 Å². The largest absolute Gasteiger partial charge is 0.354 e. The number of hydrogen-bond donors (Lipinski definition) is 2. The number of ketones is 1. The van der Waals surface area contributed by atoms with Crippen molar-refractivity contribution >= 4 is 11.7 Å². The normalized spacial score (nSPS) is 11.3. The smallest absolute Gasteiger partial charge is 0.220 e. The van der Waals surface area contributed by atoms with Crippen LogP contribution in [-0.2, 0) is 11.2 Å². The third-order valence-corrected chi connectivity index (χ3v) is 3.67. The average Bonchev–Trinajstić information content (AvgIpc) is 2.51. The van der Waals surface area contributed by atoms with Gasteiger partial charge in [0.1, 0.15) is 0 Å². The molecule has 0 saturated carbocycles. The molecule has 23 heavy (non-hydrogen) atoms. The van der Waals surface area contributed by atoms with Gasteiger partial charge in [-0.3, -0.25) is 9.59 Å². The summed E-state index contributed by atoms with van der Waals surface area (Å²) < 4.78 is 0. The molecule has 0 bridgehead atoms. The van der Waals surface area contributed by atoms with Crippen LogP contribution in [0.4, 0.5) is 0 Å². The van der Waals surface area contributed by atoms with Crippen molar-refractivity contribution in [3.63, 3.8) is 0 Å². The fourth-order valence-corrected chi connectivity index (χ4v) is 2.22. The summed E-state index contributed by atoms with van der Waals surface area (Å²) in [5, 5.41) is 2.75. The van der Waals surface area contributed by atoms with Gasteiger partial charge in [0.25, 0.3) is 0 Å². The minimum Gasteiger partial charge on any atom is -0.354 e. The zero-order chi connectivity index (χ0) is 17.3. The SMILES string of the molecule is CCCCCc1ccc(C(=O)CCC(=O)NCC(C)(C)N)cc1. The first-order valence-electron chi connectivity index (χ1n) is 8.49. The zero-order valence-electron chi connectivity index (χ0n) is 14.7. The van der Waals surface area contributed by atoms with E-state index in [2.05, 4.69) is 12.2 Å². The van der Waals surface area contributed by atoms with Gasteiger partial charge in [0.2, 0.25) is 5.91 Å². The Balaban J connectivity index is 2.38. The van der Waals surface area contributed by atoms with Crippen molar-refractivity contribution in [3.8, 4) is 0 Å². The highest BCUT2D eigenvalue weighted by Crippen LogP contribution is 2.11. The standard InChI is InChI=1S/C19H30N2O2/c1-4-5-6-7-15-8-10-16(11-9-15)17(22)12-13-18(23)21-14-19(2,3)20/h8-11H,4-7,12-14,20H2,1-3H3,(H,21,23). The summed E-state index contributed by atoms with van der Waals surface area (Å²) >= 11 is 0. The van der Waals surface area contributed by atoms with Crippen LogP contribution in [-0.4, -0.2) is 23.8 Å². The predicted octanol–water partition coefficient (Wildman–Crippen LogP) is 3.24. The van der Waals surface area contributed by atoms with E-state index in [-0.39, 0.29) is 24.5 Å². The van der Waals surface area contributed by atoms with Crippen molar-refractivity contribution in [1.82, 2.24) is 5.32 Å².